The maximum absolute atomic E-state index is 12.5. The molecule has 2 N–H and O–H groups in total. The summed E-state index contributed by atoms with van der Waals surface area (Å²) in [7, 11) is -2.03. The Hall–Kier alpha value is -2.91. The van der Waals surface area contributed by atoms with E-state index in [2.05, 4.69) is 10.6 Å². The maximum atomic E-state index is 12.5. The van der Waals surface area contributed by atoms with E-state index in [-0.39, 0.29) is 29.0 Å². The monoisotopic (exact) mass is 447 g/mol. The first-order chi connectivity index (χ1) is 14.7. The first kappa shape index (κ1) is 24.4. The number of benzene rings is 2. The molecule has 1 atom stereocenters. The van der Waals surface area contributed by atoms with E-state index in [4.69, 9.17) is 4.74 Å². The number of nitrogens with zero attached hydrogens (tertiary/aromatic N) is 1. The first-order valence-corrected chi connectivity index (χ1v) is 11.5. The van der Waals surface area contributed by atoms with Crippen LogP contribution in [0.1, 0.15) is 42.7 Å². The van der Waals surface area contributed by atoms with Crippen molar-refractivity contribution in [2.45, 2.75) is 31.7 Å². The van der Waals surface area contributed by atoms with E-state index < -0.39 is 15.9 Å². The van der Waals surface area contributed by atoms with Gasteiger partial charge in [0.2, 0.25) is 15.9 Å². The molecule has 31 heavy (non-hydrogen) atoms. The Bertz CT molecular complexity index is 1000. The molecule has 0 heterocycles. The zero-order chi connectivity index (χ0) is 23.0. The summed E-state index contributed by atoms with van der Waals surface area (Å²) in [6.07, 6.45) is 0. The van der Waals surface area contributed by atoms with Gasteiger partial charge in [-0.25, -0.2) is 8.42 Å². The summed E-state index contributed by atoms with van der Waals surface area (Å²) in [5.41, 5.74) is 1.10. The number of ether oxygens (including phenoxy) is 1. The highest BCUT2D eigenvalue weighted by Crippen LogP contribution is 2.24. The minimum Gasteiger partial charge on any atom is -0.496 e. The quantitative estimate of drug-likeness (QED) is 0.582. The third-order valence-electron chi connectivity index (χ3n) is 4.85. The summed E-state index contributed by atoms with van der Waals surface area (Å²) in [6, 6.07) is 12.7. The van der Waals surface area contributed by atoms with Gasteiger partial charge in [-0.05, 0) is 37.3 Å². The Labute approximate surface area is 183 Å². The second-order valence-electron chi connectivity index (χ2n) is 6.83. The summed E-state index contributed by atoms with van der Waals surface area (Å²) in [5, 5.41) is 5.36. The van der Waals surface area contributed by atoms with Crippen LogP contribution in [0.25, 0.3) is 0 Å². The molecule has 9 heteroatoms. The lowest BCUT2D eigenvalue weighted by Crippen LogP contribution is -2.38. The van der Waals surface area contributed by atoms with Crippen molar-refractivity contribution in [2.24, 2.45) is 0 Å². The Morgan fingerprint density at radius 1 is 1.03 bits per heavy atom. The lowest BCUT2D eigenvalue weighted by Gasteiger charge is -2.18. The van der Waals surface area contributed by atoms with Gasteiger partial charge in [-0.3, -0.25) is 9.59 Å². The zero-order valence-electron chi connectivity index (χ0n) is 18.2. The van der Waals surface area contributed by atoms with Gasteiger partial charge in [0.05, 0.1) is 24.6 Å². The van der Waals surface area contributed by atoms with Crippen molar-refractivity contribution < 1.29 is 22.7 Å². The normalized spacial score (nSPS) is 12.3. The van der Waals surface area contributed by atoms with Gasteiger partial charge in [-0.1, -0.05) is 32.0 Å². The van der Waals surface area contributed by atoms with Crippen LogP contribution >= 0.6 is 0 Å². The van der Waals surface area contributed by atoms with Crippen molar-refractivity contribution in [2.75, 3.05) is 26.7 Å². The van der Waals surface area contributed by atoms with E-state index in [0.717, 1.165) is 5.56 Å². The molecule has 0 fully saturated rings. The highest BCUT2D eigenvalue weighted by Gasteiger charge is 2.22. The molecule has 0 spiro atoms. The molecule has 2 rings (SSSR count). The van der Waals surface area contributed by atoms with Gasteiger partial charge >= 0.3 is 0 Å². The second kappa shape index (κ2) is 10.9. The van der Waals surface area contributed by atoms with Crippen LogP contribution in [0.15, 0.2) is 53.4 Å². The van der Waals surface area contributed by atoms with Crippen LogP contribution in [0.2, 0.25) is 0 Å². The highest BCUT2D eigenvalue weighted by atomic mass is 32.2. The van der Waals surface area contributed by atoms with Crippen LogP contribution in [0.5, 0.6) is 5.75 Å². The number of hydrogen-bond donors (Lipinski definition) is 2. The summed E-state index contributed by atoms with van der Waals surface area (Å²) in [6.45, 7) is 5.88. The molecule has 2 aromatic rings. The van der Waals surface area contributed by atoms with E-state index >= 15 is 0 Å². The number of hydrogen-bond acceptors (Lipinski definition) is 5. The second-order valence-corrected chi connectivity index (χ2v) is 8.77. The third-order valence-corrected chi connectivity index (χ3v) is 6.92. The number of para-hydroxylation sites is 1. The highest BCUT2D eigenvalue weighted by molar-refractivity contribution is 7.89. The van der Waals surface area contributed by atoms with E-state index in [1.54, 1.807) is 21.0 Å². The predicted molar refractivity (Wildman–Crippen MR) is 118 cm³/mol. The van der Waals surface area contributed by atoms with E-state index in [9.17, 15) is 18.0 Å². The summed E-state index contributed by atoms with van der Waals surface area (Å²) >= 11 is 0. The first-order valence-electron chi connectivity index (χ1n) is 10.0. The Balaban J connectivity index is 1.96. The van der Waals surface area contributed by atoms with Gasteiger partial charge in [0.1, 0.15) is 5.75 Å². The molecule has 0 aromatic heterocycles. The average Bonchev–Trinajstić information content (AvgIpc) is 2.78. The average molecular weight is 448 g/mol. The van der Waals surface area contributed by atoms with Crippen molar-refractivity contribution in [1.29, 1.82) is 0 Å². The van der Waals surface area contributed by atoms with Crippen molar-refractivity contribution in [3.63, 3.8) is 0 Å². The van der Waals surface area contributed by atoms with Crippen molar-refractivity contribution in [3.8, 4) is 5.75 Å². The van der Waals surface area contributed by atoms with E-state index in [1.807, 2.05) is 31.2 Å². The lowest BCUT2D eigenvalue weighted by molar-refractivity contribution is -0.120. The molecule has 1 unspecified atom stereocenters. The van der Waals surface area contributed by atoms with Gasteiger partial charge in [0, 0.05) is 24.2 Å². The number of carbonyl (C=O) groups is 2. The predicted octanol–water partition coefficient (Wildman–Crippen LogP) is 2.33. The molecule has 0 aliphatic rings. The number of rotatable bonds is 10. The van der Waals surface area contributed by atoms with Gasteiger partial charge in [0.15, 0.2) is 0 Å². The van der Waals surface area contributed by atoms with Crippen molar-refractivity contribution >= 4 is 21.8 Å². The summed E-state index contributed by atoms with van der Waals surface area (Å²) < 4.78 is 31.7. The zero-order valence-corrected chi connectivity index (χ0v) is 19.0. The molecular weight excluding hydrogens is 418 g/mol. The van der Waals surface area contributed by atoms with Crippen LogP contribution in [0.3, 0.4) is 0 Å². The van der Waals surface area contributed by atoms with Crippen LogP contribution in [0.4, 0.5) is 0 Å². The Morgan fingerprint density at radius 2 is 1.65 bits per heavy atom. The minimum atomic E-state index is -3.59. The Morgan fingerprint density at radius 3 is 2.23 bits per heavy atom. The molecule has 0 aliphatic carbocycles. The number of amides is 2. The van der Waals surface area contributed by atoms with Crippen molar-refractivity contribution in [3.05, 3.63) is 59.7 Å². The minimum absolute atomic E-state index is 0.121. The van der Waals surface area contributed by atoms with E-state index in [0.29, 0.717) is 18.8 Å². The maximum Gasteiger partial charge on any atom is 0.251 e. The SMILES string of the molecule is CCN(CC)S(=O)(=O)c1ccc(C(=O)NCC(=O)NC(C)c2ccccc2OC)cc1. The van der Waals surface area contributed by atoms with Crippen molar-refractivity contribution in [1.82, 2.24) is 14.9 Å². The smallest absolute Gasteiger partial charge is 0.251 e. The number of methoxy groups -OCH3 is 1. The fourth-order valence-corrected chi connectivity index (χ4v) is 4.61. The third kappa shape index (κ3) is 6.05. The molecule has 0 saturated heterocycles. The molecule has 2 aromatic carbocycles. The standard InChI is InChI=1S/C22H29N3O5S/c1-5-25(6-2)31(28,29)18-13-11-17(12-14-18)22(27)23-15-21(26)24-16(3)19-9-7-8-10-20(19)30-4/h7-14,16H,5-6,15H2,1-4H3,(H,23,27)(H,24,26). The van der Waals surface area contributed by atoms with Crippen LogP contribution in [-0.2, 0) is 14.8 Å². The molecule has 0 saturated carbocycles. The Kier molecular flexibility index (Phi) is 8.58. The molecule has 0 radical (unpaired) electrons. The molecule has 0 bridgehead atoms. The lowest BCUT2D eigenvalue weighted by atomic mass is 10.1. The number of sulfonamides is 1. The fourth-order valence-electron chi connectivity index (χ4n) is 3.15. The largest absolute Gasteiger partial charge is 0.496 e. The van der Waals surface area contributed by atoms with Gasteiger partial charge < -0.3 is 15.4 Å². The van der Waals surface area contributed by atoms with Gasteiger partial charge in [0.25, 0.3) is 5.91 Å². The van der Waals surface area contributed by atoms with E-state index in [1.165, 1.54) is 28.6 Å². The summed E-state index contributed by atoms with van der Waals surface area (Å²) in [4.78, 5) is 24.7. The molecule has 168 valence electrons. The number of nitrogens with one attached hydrogen (secondary N) is 2. The summed E-state index contributed by atoms with van der Waals surface area (Å²) in [5.74, 6) is -0.154. The van der Waals surface area contributed by atoms with Gasteiger partial charge in [-0.2, -0.15) is 4.31 Å². The topological polar surface area (TPSA) is 105 Å². The molecule has 0 aliphatic heterocycles. The molecule has 2 amide bonds. The van der Waals surface area contributed by atoms with Crippen LogP contribution in [-0.4, -0.2) is 51.3 Å². The molecular formula is C22H29N3O5S. The molecule has 8 nitrogen and oxygen atoms in total. The van der Waals surface area contributed by atoms with Gasteiger partial charge in [-0.15, -0.1) is 0 Å². The fraction of sp³-hybridized carbons (Fsp3) is 0.364. The number of carbonyl (C=O) groups excluding carboxylic acids is 2. The van der Waals surface area contributed by atoms with Crippen LogP contribution < -0.4 is 15.4 Å². The van der Waals surface area contributed by atoms with Crippen LogP contribution in [0, 0.1) is 0 Å².